The molecule has 1 saturated carbocycles. The van der Waals surface area contributed by atoms with Crippen LogP contribution in [-0.4, -0.2) is 12.5 Å². The van der Waals surface area contributed by atoms with E-state index in [4.69, 9.17) is 5.73 Å². The number of anilines is 1. The highest BCUT2D eigenvalue weighted by molar-refractivity contribution is 5.97. The van der Waals surface area contributed by atoms with E-state index in [2.05, 4.69) is 39.1 Å². The fraction of sp³-hybridized carbons (Fsp3) is 0.588. The molecule has 3 N–H and O–H groups in total. The molecule has 0 spiro atoms. The second-order valence-electron chi connectivity index (χ2n) is 7.25. The van der Waals surface area contributed by atoms with Crippen molar-refractivity contribution < 1.29 is 4.79 Å². The summed E-state index contributed by atoms with van der Waals surface area (Å²) < 4.78 is 0. The topological polar surface area (TPSA) is 55.1 Å². The van der Waals surface area contributed by atoms with Crippen LogP contribution in [-0.2, 0) is 10.2 Å². The van der Waals surface area contributed by atoms with Crippen LogP contribution in [0, 0.1) is 11.3 Å². The summed E-state index contributed by atoms with van der Waals surface area (Å²) >= 11 is 0. The van der Waals surface area contributed by atoms with Crippen LogP contribution >= 0.6 is 0 Å². The third kappa shape index (κ3) is 2.73. The summed E-state index contributed by atoms with van der Waals surface area (Å²) in [6, 6.07) is 8.03. The molecule has 1 amide bonds. The van der Waals surface area contributed by atoms with Crippen molar-refractivity contribution in [3.63, 3.8) is 0 Å². The van der Waals surface area contributed by atoms with Crippen molar-refractivity contribution in [1.82, 2.24) is 0 Å². The van der Waals surface area contributed by atoms with Crippen molar-refractivity contribution in [3.8, 4) is 0 Å². The molecular weight excluding hydrogens is 248 g/mol. The van der Waals surface area contributed by atoms with Crippen LogP contribution in [0.1, 0.15) is 46.1 Å². The van der Waals surface area contributed by atoms with Crippen LogP contribution in [0.2, 0.25) is 0 Å². The highest BCUT2D eigenvalue weighted by atomic mass is 16.2. The summed E-state index contributed by atoms with van der Waals surface area (Å²) in [4.78, 5) is 12.6. The number of carbonyl (C=O) groups is 1. The molecule has 1 aromatic carbocycles. The van der Waals surface area contributed by atoms with Crippen LogP contribution in [0.15, 0.2) is 24.3 Å². The largest absolute Gasteiger partial charge is 0.329 e. The van der Waals surface area contributed by atoms with Crippen molar-refractivity contribution in [2.45, 2.75) is 46.0 Å². The third-order valence-corrected chi connectivity index (χ3v) is 4.33. The van der Waals surface area contributed by atoms with Gasteiger partial charge >= 0.3 is 0 Å². The first-order valence-corrected chi connectivity index (χ1v) is 7.39. The average molecular weight is 274 g/mol. The van der Waals surface area contributed by atoms with E-state index in [1.807, 2.05) is 18.2 Å². The first-order chi connectivity index (χ1) is 9.28. The zero-order valence-corrected chi connectivity index (χ0v) is 13.0. The summed E-state index contributed by atoms with van der Waals surface area (Å²) in [5.41, 5.74) is 7.57. The molecular formula is C17H26N2O. The molecule has 0 bridgehead atoms. The Morgan fingerprint density at radius 1 is 1.35 bits per heavy atom. The Morgan fingerprint density at radius 3 is 2.45 bits per heavy atom. The molecule has 1 aliphatic rings. The van der Waals surface area contributed by atoms with Gasteiger partial charge in [-0.15, -0.1) is 0 Å². The van der Waals surface area contributed by atoms with E-state index in [1.54, 1.807) is 0 Å². The molecule has 3 heteroatoms. The minimum absolute atomic E-state index is 0.00660. The number of para-hydroxylation sites is 1. The zero-order valence-electron chi connectivity index (χ0n) is 13.0. The van der Waals surface area contributed by atoms with E-state index < -0.39 is 0 Å². The Hall–Kier alpha value is -1.35. The summed E-state index contributed by atoms with van der Waals surface area (Å²) in [5.74, 6) is 0.678. The molecule has 3 nitrogen and oxygen atoms in total. The number of benzene rings is 1. The summed E-state index contributed by atoms with van der Waals surface area (Å²) in [7, 11) is 0. The van der Waals surface area contributed by atoms with E-state index in [0.717, 1.165) is 24.1 Å². The van der Waals surface area contributed by atoms with Crippen LogP contribution in [0.25, 0.3) is 0 Å². The van der Waals surface area contributed by atoms with Crippen LogP contribution in [0.3, 0.4) is 0 Å². The van der Waals surface area contributed by atoms with Gasteiger partial charge in [-0.1, -0.05) is 45.9 Å². The normalized spacial score (nSPS) is 25.9. The van der Waals surface area contributed by atoms with Gasteiger partial charge in [0, 0.05) is 12.2 Å². The monoisotopic (exact) mass is 274 g/mol. The van der Waals surface area contributed by atoms with Gasteiger partial charge in [0.2, 0.25) is 5.91 Å². The number of hydrogen-bond acceptors (Lipinski definition) is 2. The molecule has 20 heavy (non-hydrogen) atoms. The second kappa shape index (κ2) is 5.21. The van der Waals surface area contributed by atoms with Gasteiger partial charge in [-0.05, 0) is 35.8 Å². The summed E-state index contributed by atoms with van der Waals surface area (Å²) in [6.07, 6.45) is 1.79. The number of amides is 1. The lowest BCUT2D eigenvalue weighted by Gasteiger charge is -2.44. The number of nitrogens with two attached hydrogens (primary N) is 1. The quantitative estimate of drug-likeness (QED) is 0.888. The number of carbonyl (C=O) groups excluding carboxylic acids is 1. The highest BCUT2D eigenvalue weighted by Crippen LogP contribution is 2.45. The van der Waals surface area contributed by atoms with E-state index >= 15 is 0 Å². The van der Waals surface area contributed by atoms with Crippen molar-refractivity contribution in [3.05, 3.63) is 29.8 Å². The fourth-order valence-corrected chi connectivity index (χ4v) is 3.22. The van der Waals surface area contributed by atoms with Gasteiger partial charge in [0.1, 0.15) is 0 Å². The molecule has 1 fully saturated rings. The Morgan fingerprint density at radius 2 is 1.95 bits per heavy atom. The lowest BCUT2D eigenvalue weighted by atomic mass is 9.62. The molecule has 0 aromatic heterocycles. The number of hydrogen-bond donors (Lipinski definition) is 2. The Kier molecular flexibility index (Phi) is 3.92. The standard InChI is InChI=1S/C17H26N2O/c1-12-9-17(10-12,11-18)15(20)19-14-8-6-5-7-13(14)16(2,3)4/h5-8,12H,9-11,18H2,1-4H3,(H,19,20). The average Bonchev–Trinajstić information content (AvgIpc) is 2.34. The zero-order chi connectivity index (χ0) is 15.0. The molecule has 0 aliphatic heterocycles. The minimum atomic E-state index is -0.357. The van der Waals surface area contributed by atoms with Gasteiger partial charge in [-0.25, -0.2) is 0 Å². The maximum atomic E-state index is 12.6. The Balaban J connectivity index is 2.21. The highest BCUT2D eigenvalue weighted by Gasteiger charge is 2.47. The molecule has 2 rings (SSSR count). The van der Waals surface area contributed by atoms with Crippen molar-refractivity contribution in [1.29, 1.82) is 0 Å². The molecule has 110 valence electrons. The molecule has 1 aromatic rings. The van der Waals surface area contributed by atoms with Crippen LogP contribution < -0.4 is 11.1 Å². The van der Waals surface area contributed by atoms with Crippen molar-refractivity contribution in [2.24, 2.45) is 17.1 Å². The van der Waals surface area contributed by atoms with E-state index in [1.165, 1.54) is 0 Å². The third-order valence-electron chi connectivity index (χ3n) is 4.33. The second-order valence-corrected chi connectivity index (χ2v) is 7.25. The molecule has 0 saturated heterocycles. The molecule has 0 heterocycles. The van der Waals surface area contributed by atoms with E-state index in [9.17, 15) is 4.79 Å². The molecule has 0 atom stereocenters. The first-order valence-electron chi connectivity index (χ1n) is 7.39. The SMILES string of the molecule is CC1CC(CN)(C(=O)Nc2ccccc2C(C)(C)C)C1. The Labute approximate surface area is 121 Å². The van der Waals surface area contributed by atoms with E-state index in [-0.39, 0.29) is 16.7 Å². The molecule has 0 radical (unpaired) electrons. The first kappa shape index (κ1) is 15.0. The molecule has 0 unspecified atom stereocenters. The fourth-order valence-electron chi connectivity index (χ4n) is 3.22. The Bertz CT molecular complexity index is 496. The van der Waals surface area contributed by atoms with Gasteiger partial charge < -0.3 is 11.1 Å². The smallest absolute Gasteiger partial charge is 0.231 e. The maximum absolute atomic E-state index is 12.6. The van der Waals surface area contributed by atoms with E-state index in [0.29, 0.717) is 12.5 Å². The predicted octanol–water partition coefficient (Wildman–Crippen LogP) is 3.30. The lowest BCUT2D eigenvalue weighted by molar-refractivity contribution is -0.132. The van der Waals surface area contributed by atoms with Crippen LogP contribution in [0.4, 0.5) is 5.69 Å². The number of nitrogens with one attached hydrogen (secondary N) is 1. The van der Waals surface area contributed by atoms with Crippen LogP contribution in [0.5, 0.6) is 0 Å². The lowest BCUT2D eigenvalue weighted by Crippen LogP contribution is -2.51. The van der Waals surface area contributed by atoms with Crippen molar-refractivity contribution >= 4 is 11.6 Å². The van der Waals surface area contributed by atoms with Gasteiger partial charge in [-0.2, -0.15) is 0 Å². The van der Waals surface area contributed by atoms with Gasteiger partial charge in [0.05, 0.1) is 5.41 Å². The summed E-state index contributed by atoms with van der Waals surface area (Å²) in [6.45, 7) is 9.07. The summed E-state index contributed by atoms with van der Waals surface area (Å²) in [5, 5.41) is 3.11. The molecule has 1 aliphatic carbocycles. The minimum Gasteiger partial charge on any atom is -0.329 e. The van der Waals surface area contributed by atoms with Gasteiger partial charge in [-0.3, -0.25) is 4.79 Å². The van der Waals surface area contributed by atoms with Gasteiger partial charge in [0.25, 0.3) is 0 Å². The van der Waals surface area contributed by atoms with Crippen molar-refractivity contribution in [2.75, 3.05) is 11.9 Å². The van der Waals surface area contributed by atoms with Gasteiger partial charge in [0.15, 0.2) is 0 Å². The predicted molar refractivity (Wildman–Crippen MR) is 83.7 cm³/mol. The maximum Gasteiger partial charge on any atom is 0.231 e. The number of rotatable bonds is 3.